The van der Waals surface area contributed by atoms with Gasteiger partial charge in [0.15, 0.2) is 23.4 Å². The summed E-state index contributed by atoms with van der Waals surface area (Å²) in [6, 6.07) is 0. The van der Waals surface area contributed by atoms with Gasteiger partial charge in [-0.25, -0.2) is 4.79 Å². The van der Waals surface area contributed by atoms with Gasteiger partial charge in [-0.2, -0.15) is 0 Å². The summed E-state index contributed by atoms with van der Waals surface area (Å²) in [5, 5.41) is 34.3. The summed E-state index contributed by atoms with van der Waals surface area (Å²) in [6.07, 6.45) is -4.55. The number of ether oxygens (including phenoxy) is 5. The van der Waals surface area contributed by atoms with Crippen LogP contribution in [0, 0.1) is 11.3 Å². The predicted octanol–water partition coefficient (Wildman–Crippen LogP) is -0.140. The summed E-state index contributed by atoms with van der Waals surface area (Å²) >= 11 is 0. The number of carbonyl (C=O) groups is 4. The largest absolute Gasteiger partial charge is 0.459 e. The Morgan fingerprint density at radius 2 is 1.50 bits per heavy atom. The minimum Gasteiger partial charge on any atom is -0.459 e. The number of aliphatic hydroxyl groups is 3. The van der Waals surface area contributed by atoms with Crippen LogP contribution in [0.3, 0.4) is 0 Å². The molecule has 11 unspecified atom stereocenters. The molecular weight excluding hydrogens is 504 g/mol. The Hall–Kier alpha value is -2.80. The Labute approximate surface area is 219 Å². The van der Waals surface area contributed by atoms with Gasteiger partial charge in [0, 0.05) is 32.1 Å². The number of aliphatic hydroxyl groups excluding tert-OH is 2. The van der Waals surface area contributed by atoms with Crippen molar-refractivity contribution in [3.8, 4) is 0 Å². The molecule has 0 radical (unpaired) electrons. The van der Waals surface area contributed by atoms with Crippen LogP contribution in [0.15, 0.2) is 23.8 Å². The first-order chi connectivity index (χ1) is 17.4. The molecule has 4 aliphatic rings. The normalized spacial score (nSPS) is 47.4. The van der Waals surface area contributed by atoms with Crippen molar-refractivity contribution in [2.24, 2.45) is 11.3 Å². The van der Waals surface area contributed by atoms with Crippen molar-refractivity contribution >= 4 is 23.9 Å². The third kappa shape index (κ3) is 3.88. The minimum absolute atomic E-state index is 0.247. The Bertz CT molecular complexity index is 1130. The molecule has 0 amide bonds. The predicted molar refractivity (Wildman–Crippen MR) is 126 cm³/mol. The van der Waals surface area contributed by atoms with Gasteiger partial charge in [0.1, 0.15) is 24.4 Å². The molecule has 3 N–H and O–H groups in total. The van der Waals surface area contributed by atoms with E-state index in [0.717, 1.165) is 20.8 Å². The molecular formula is C26H34O12. The van der Waals surface area contributed by atoms with E-state index in [-0.39, 0.29) is 5.57 Å². The molecule has 2 aliphatic heterocycles. The standard InChI is InChI=1S/C26H34O12/c1-11-10-16-26(25(7,38-26)22(32)37-16)21(36-14(4)29)19-23(5,9-8-15(30)24(19,6)33)20(35-13(3)28)17(31)18(11)34-12(2)27/h8-10,15-21,30-31,33H,1-7H3. The lowest BCUT2D eigenvalue weighted by Gasteiger charge is -2.55. The molecule has 1 spiro atoms. The molecule has 0 aromatic carbocycles. The highest BCUT2D eigenvalue weighted by molar-refractivity contribution is 5.89. The molecule has 12 heteroatoms. The van der Waals surface area contributed by atoms with E-state index in [0.29, 0.717) is 0 Å². The Morgan fingerprint density at radius 1 is 0.947 bits per heavy atom. The summed E-state index contributed by atoms with van der Waals surface area (Å²) in [6.45, 7) is 9.23. The molecule has 0 bridgehead atoms. The van der Waals surface area contributed by atoms with E-state index in [4.69, 9.17) is 23.7 Å². The maximum atomic E-state index is 13.0. The smallest absolute Gasteiger partial charge is 0.342 e. The van der Waals surface area contributed by atoms with Gasteiger partial charge in [0.05, 0.1) is 5.60 Å². The Kier molecular flexibility index (Phi) is 6.58. The number of esters is 4. The van der Waals surface area contributed by atoms with Crippen LogP contribution in [0.25, 0.3) is 0 Å². The summed E-state index contributed by atoms with van der Waals surface area (Å²) < 4.78 is 28.5. The van der Waals surface area contributed by atoms with Gasteiger partial charge in [-0.1, -0.05) is 19.1 Å². The van der Waals surface area contributed by atoms with Crippen molar-refractivity contribution in [2.45, 2.75) is 102 Å². The molecule has 2 fully saturated rings. The topological polar surface area (TPSA) is 178 Å². The lowest BCUT2D eigenvalue weighted by atomic mass is 9.55. The van der Waals surface area contributed by atoms with E-state index < -0.39 is 88.6 Å². The number of hydrogen-bond donors (Lipinski definition) is 3. The highest BCUT2D eigenvalue weighted by atomic mass is 16.7. The molecule has 210 valence electrons. The summed E-state index contributed by atoms with van der Waals surface area (Å²) in [4.78, 5) is 49.8. The lowest BCUT2D eigenvalue weighted by molar-refractivity contribution is -0.226. The van der Waals surface area contributed by atoms with Crippen molar-refractivity contribution in [3.63, 3.8) is 0 Å². The van der Waals surface area contributed by atoms with E-state index in [1.807, 2.05) is 0 Å². The second-order valence-electron chi connectivity index (χ2n) is 11.1. The molecule has 12 nitrogen and oxygen atoms in total. The van der Waals surface area contributed by atoms with Gasteiger partial charge >= 0.3 is 23.9 Å². The Morgan fingerprint density at radius 3 is 2.03 bits per heavy atom. The van der Waals surface area contributed by atoms with Crippen LogP contribution in [0.1, 0.15) is 48.5 Å². The quantitative estimate of drug-likeness (QED) is 0.188. The van der Waals surface area contributed by atoms with Crippen LogP contribution in [-0.4, -0.2) is 92.6 Å². The van der Waals surface area contributed by atoms with Gasteiger partial charge in [-0.3, -0.25) is 14.4 Å². The van der Waals surface area contributed by atoms with Gasteiger partial charge in [0.25, 0.3) is 0 Å². The summed E-state index contributed by atoms with van der Waals surface area (Å²) in [7, 11) is 0. The summed E-state index contributed by atoms with van der Waals surface area (Å²) in [5.41, 5.74) is -6.67. The SMILES string of the molecule is CC(=O)OC1C(C)=CC2OC(=O)C3(C)OC23C(OC(C)=O)C2C(C)(O)C(O)C=CC2(C)C(OC(C)=O)C1O. The van der Waals surface area contributed by atoms with E-state index in [1.165, 1.54) is 45.9 Å². The Balaban J connectivity index is 2.07. The van der Waals surface area contributed by atoms with Gasteiger partial charge < -0.3 is 39.0 Å². The first-order valence-electron chi connectivity index (χ1n) is 12.3. The van der Waals surface area contributed by atoms with Crippen molar-refractivity contribution in [1.82, 2.24) is 0 Å². The zero-order valence-electron chi connectivity index (χ0n) is 22.3. The van der Waals surface area contributed by atoms with Crippen molar-refractivity contribution in [1.29, 1.82) is 0 Å². The van der Waals surface area contributed by atoms with Crippen LogP contribution >= 0.6 is 0 Å². The fourth-order valence-electron chi connectivity index (χ4n) is 6.55. The van der Waals surface area contributed by atoms with Gasteiger partial charge in [-0.15, -0.1) is 0 Å². The van der Waals surface area contributed by atoms with E-state index in [2.05, 4.69) is 0 Å². The first kappa shape index (κ1) is 28.2. The molecule has 0 saturated carbocycles. The molecule has 0 aromatic heterocycles. The van der Waals surface area contributed by atoms with E-state index in [9.17, 15) is 34.5 Å². The molecule has 2 saturated heterocycles. The first-order valence-corrected chi connectivity index (χ1v) is 12.3. The van der Waals surface area contributed by atoms with Crippen LogP contribution < -0.4 is 0 Å². The maximum absolute atomic E-state index is 13.0. The molecule has 2 aliphatic carbocycles. The number of fused-ring (bicyclic) bond motifs is 1. The van der Waals surface area contributed by atoms with Crippen LogP contribution in [0.2, 0.25) is 0 Å². The highest BCUT2D eigenvalue weighted by Crippen LogP contribution is 2.65. The average molecular weight is 539 g/mol. The van der Waals surface area contributed by atoms with Crippen LogP contribution in [0.4, 0.5) is 0 Å². The fourth-order valence-corrected chi connectivity index (χ4v) is 6.55. The average Bonchev–Trinajstić information content (AvgIpc) is 3.38. The van der Waals surface area contributed by atoms with E-state index in [1.54, 1.807) is 0 Å². The number of epoxide rings is 1. The van der Waals surface area contributed by atoms with Crippen LogP contribution in [-0.2, 0) is 42.9 Å². The zero-order valence-corrected chi connectivity index (χ0v) is 22.3. The van der Waals surface area contributed by atoms with Gasteiger partial charge in [0.2, 0.25) is 0 Å². The van der Waals surface area contributed by atoms with Gasteiger partial charge in [-0.05, 0) is 32.4 Å². The molecule has 4 rings (SSSR count). The second kappa shape index (κ2) is 8.87. The maximum Gasteiger partial charge on any atom is 0.342 e. The zero-order chi connectivity index (χ0) is 28.6. The number of rotatable bonds is 3. The number of hydrogen-bond acceptors (Lipinski definition) is 12. The second-order valence-corrected chi connectivity index (χ2v) is 11.1. The van der Waals surface area contributed by atoms with Crippen molar-refractivity contribution in [2.75, 3.05) is 0 Å². The summed E-state index contributed by atoms with van der Waals surface area (Å²) in [5.74, 6) is -4.41. The third-order valence-corrected chi connectivity index (χ3v) is 8.36. The fraction of sp³-hybridized carbons (Fsp3) is 0.692. The molecule has 38 heavy (non-hydrogen) atoms. The van der Waals surface area contributed by atoms with Crippen LogP contribution in [0.5, 0.6) is 0 Å². The monoisotopic (exact) mass is 538 g/mol. The lowest BCUT2D eigenvalue weighted by Crippen LogP contribution is -2.68. The molecule has 11 atom stereocenters. The van der Waals surface area contributed by atoms with Crippen molar-refractivity contribution in [3.05, 3.63) is 23.8 Å². The van der Waals surface area contributed by atoms with E-state index >= 15 is 0 Å². The highest BCUT2D eigenvalue weighted by Gasteiger charge is 2.87. The van der Waals surface area contributed by atoms with Crippen molar-refractivity contribution < 1.29 is 58.2 Å². The molecule has 2 heterocycles. The number of carbonyl (C=O) groups excluding carboxylic acids is 4. The minimum atomic E-state index is -2.07. The molecule has 0 aromatic rings. The third-order valence-electron chi connectivity index (χ3n) is 8.36.